The van der Waals surface area contributed by atoms with Gasteiger partial charge in [-0.1, -0.05) is 65.7 Å². The van der Waals surface area contributed by atoms with E-state index in [1.807, 2.05) is 0 Å². The van der Waals surface area contributed by atoms with Gasteiger partial charge >= 0.3 is 52.3 Å². The number of rotatable bonds is 3. The largest absolute Gasteiger partial charge is 1.00 e. The smallest absolute Gasteiger partial charge is 1.00 e. The summed E-state index contributed by atoms with van der Waals surface area (Å²) in [5.74, 6) is 0. The first-order valence-corrected chi connectivity index (χ1v) is 14.7. The van der Waals surface area contributed by atoms with Crippen molar-refractivity contribution in [3.05, 3.63) is 6.58 Å². The standard InChI is InChI=1S/C18H33P.C4H9.C2H2.2ClH.Ru/c1-4-10-16(11-5-1)19(17-12-6-2-7-13-17)18-14-8-3-9-15-18;1-4(2)3;1-2;;;/h16-18H,1-15H2;1-3H3;1H2;2*1H;/q;;;;;+2/p-2. The van der Waals surface area contributed by atoms with Crippen molar-refractivity contribution in [2.45, 2.75) is 138 Å². The van der Waals surface area contributed by atoms with Crippen LogP contribution in [0.5, 0.6) is 0 Å². The van der Waals surface area contributed by atoms with Crippen molar-refractivity contribution in [2.24, 2.45) is 0 Å². The summed E-state index contributed by atoms with van der Waals surface area (Å²) in [4.78, 5) is 0. The van der Waals surface area contributed by atoms with Gasteiger partial charge in [0.25, 0.3) is 0 Å². The van der Waals surface area contributed by atoms with E-state index in [4.69, 9.17) is 0 Å². The van der Waals surface area contributed by atoms with Crippen LogP contribution in [0.1, 0.15) is 117 Å². The minimum atomic E-state index is 0. The summed E-state index contributed by atoms with van der Waals surface area (Å²) in [5.41, 5.74) is 3.57. The zero-order chi connectivity index (χ0) is 18.8. The molecule has 3 fully saturated rings. The molecule has 0 radical (unpaired) electrons. The van der Waals surface area contributed by atoms with E-state index in [-0.39, 0.29) is 41.5 Å². The predicted molar refractivity (Wildman–Crippen MR) is 118 cm³/mol. The van der Waals surface area contributed by atoms with Crippen LogP contribution in [0.4, 0.5) is 0 Å². The van der Waals surface area contributed by atoms with Crippen molar-refractivity contribution in [1.82, 2.24) is 0 Å². The molecular formula is C24H44Cl2PRu. The third kappa shape index (κ3) is 11.1. The third-order valence-corrected chi connectivity index (χ3v) is 12.0. The quantitative estimate of drug-likeness (QED) is 0.385. The summed E-state index contributed by atoms with van der Waals surface area (Å²) in [6, 6.07) is 0. The fourth-order valence-corrected chi connectivity index (χ4v) is 10.8. The Bertz CT molecular complexity index is 382. The molecule has 0 spiro atoms. The van der Waals surface area contributed by atoms with Crippen molar-refractivity contribution in [3.63, 3.8) is 0 Å². The van der Waals surface area contributed by atoms with Crippen molar-refractivity contribution in [3.8, 4) is 0 Å². The van der Waals surface area contributed by atoms with E-state index in [2.05, 4.69) is 31.6 Å². The summed E-state index contributed by atoms with van der Waals surface area (Å²) in [5, 5.41) is 0. The molecule has 3 rings (SSSR count). The molecule has 28 heavy (non-hydrogen) atoms. The zero-order valence-corrected chi connectivity index (χ0v) is 22.7. The van der Waals surface area contributed by atoms with Crippen molar-refractivity contribution < 1.29 is 41.5 Å². The normalized spacial score (nSPS) is 22.1. The minimum absolute atomic E-state index is 0. The van der Waals surface area contributed by atoms with Gasteiger partial charge < -0.3 is 24.8 Å². The zero-order valence-electron chi connectivity index (χ0n) is 18.6. The molecule has 0 aromatic carbocycles. The Labute approximate surface area is 197 Å². The molecule has 0 aromatic heterocycles. The van der Waals surface area contributed by atoms with E-state index in [9.17, 15) is 0 Å². The molecule has 0 N–H and O–H groups in total. The number of hydrogen-bond donors (Lipinski definition) is 0. The van der Waals surface area contributed by atoms with E-state index in [1.54, 1.807) is 77.0 Å². The molecule has 0 atom stereocenters. The first-order chi connectivity index (χ1) is 12.5. The van der Waals surface area contributed by atoms with Crippen molar-refractivity contribution >= 4 is 12.2 Å². The second-order valence-corrected chi connectivity index (χ2v) is 16.3. The minimum Gasteiger partial charge on any atom is -1.00 e. The third-order valence-electron chi connectivity index (χ3n) is 6.32. The van der Waals surface area contributed by atoms with E-state index in [1.165, 1.54) is 36.2 Å². The van der Waals surface area contributed by atoms with E-state index >= 15 is 0 Å². The molecule has 0 amide bonds. The van der Waals surface area contributed by atoms with Crippen LogP contribution in [0.3, 0.4) is 0 Å². The Hall–Kier alpha value is 1.28. The fraction of sp³-hybridized carbons (Fsp3) is 0.917. The van der Waals surface area contributed by atoms with Gasteiger partial charge in [-0.3, -0.25) is 0 Å². The number of hydrogen-bond acceptors (Lipinski definition) is 0. The van der Waals surface area contributed by atoms with Crippen LogP contribution in [-0.4, -0.2) is 21.2 Å². The topological polar surface area (TPSA) is 0 Å². The van der Waals surface area contributed by atoms with Crippen LogP contribution in [0.2, 0.25) is 4.01 Å². The predicted octanol–water partition coefficient (Wildman–Crippen LogP) is 2.35. The average molecular weight is 536 g/mol. The molecule has 0 aliphatic heterocycles. The monoisotopic (exact) mass is 535 g/mol. The van der Waals surface area contributed by atoms with Crippen LogP contribution in [0.25, 0.3) is 0 Å². The Morgan fingerprint density at radius 3 is 1.11 bits per heavy atom. The molecule has 4 heteroatoms. The molecule has 3 aliphatic rings. The first-order valence-electron chi connectivity index (χ1n) is 11.4. The van der Waals surface area contributed by atoms with Crippen molar-refractivity contribution in [2.75, 3.05) is 0 Å². The maximum atomic E-state index is 3.56. The second kappa shape index (κ2) is 16.0. The fourth-order valence-electron chi connectivity index (χ4n) is 5.22. The van der Waals surface area contributed by atoms with Gasteiger partial charge in [0.05, 0.1) is 0 Å². The van der Waals surface area contributed by atoms with Gasteiger partial charge in [0.1, 0.15) is 0 Å². The Balaban J connectivity index is 0.000000707. The van der Waals surface area contributed by atoms with E-state index in [0.717, 1.165) is 0 Å². The van der Waals surface area contributed by atoms with Crippen LogP contribution >= 0.6 is 7.92 Å². The maximum absolute atomic E-state index is 3.56. The summed E-state index contributed by atoms with van der Waals surface area (Å²) < 4.78 is 3.41. The second-order valence-electron chi connectivity index (χ2n) is 9.57. The molecule has 0 aromatic rings. The van der Waals surface area contributed by atoms with Gasteiger partial charge in [-0.15, -0.1) is 0 Å². The Morgan fingerprint density at radius 1 is 0.643 bits per heavy atom. The van der Waals surface area contributed by atoms with Crippen LogP contribution < -0.4 is 24.8 Å². The van der Waals surface area contributed by atoms with E-state index in [0.29, 0.717) is 11.9 Å². The van der Waals surface area contributed by atoms with Gasteiger partial charge in [0.2, 0.25) is 0 Å². The van der Waals surface area contributed by atoms with Gasteiger partial charge in [-0.05, 0) is 55.5 Å². The van der Waals surface area contributed by atoms with Crippen LogP contribution in [-0.2, 0) is 16.7 Å². The van der Waals surface area contributed by atoms with Crippen LogP contribution in [0, 0.1) is 0 Å². The summed E-state index contributed by atoms with van der Waals surface area (Å²) in [7, 11) is 0.385. The van der Waals surface area contributed by atoms with E-state index < -0.39 is 0 Å². The van der Waals surface area contributed by atoms with Gasteiger partial charge in [-0.25, -0.2) is 0 Å². The molecule has 0 nitrogen and oxygen atoms in total. The summed E-state index contributed by atoms with van der Waals surface area (Å²) in [6.45, 7) is 10.2. The molecule has 0 heterocycles. The van der Waals surface area contributed by atoms with Crippen molar-refractivity contribution in [1.29, 1.82) is 0 Å². The van der Waals surface area contributed by atoms with Gasteiger partial charge in [0.15, 0.2) is 0 Å². The molecule has 0 saturated heterocycles. The van der Waals surface area contributed by atoms with Crippen LogP contribution in [0.15, 0.2) is 6.58 Å². The molecule has 3 aliphatic carbocycles. The number of halogens is 2. The molecule has 3 saturated carbocycles. The Kier molecular flexibility index (Phi) is 16.7. The maximum Gasteiger partial charge on any atom is -1.00 e. The molecule has 0 unspecified atom stereocenters. The molecule has 0 bridgehead atoms. The van der Waals surface area contributed by atoms with Gasteiger partial charge in [0, 0.05) is 0 Å². The first kappa shape index (κ1) is 29.3. The summed E-state index contributed by atoms with van der Waals surface area (Å²) in [6.07, 6.45) is 23.6. The summed E-state index contributed by atoms with van der Waals surface area (Å²) >= 11 is 0.279. The van der Waals surface area contributed by atoms with Gasteiger partial charge in [-0.2, -0.15) is 0 Å². The SMILES string of the molecule is C1CCC(P(C2CCCCC2)C2CCCCC2)CC1.C=[C]=[Ru+2][C](C)(C)C.[Cl-].[Cl-]. The average Bonchev–Trinajstić information content (AvgIpc) is 2.64. The molecule has 167 valence electrons. The Morgan fingerprint density at radius 2 is 0.929 bits per heavy atom. The molecular weight excluding hydrogens is 491 g/mol.